The van der Waals surface area contributed by atoms with Gasteiger partial charge in [0, 0.05) is 11.6 Å². The molecule has 1 rings (SSSR count). The van der Waals surface area contributed by atoms with Crippen LogP contribution in [-0.4, -0.2) is 17.7 Å². The Morgan fingerprint density at radius 1 is 1.59 bits per heavy atom. The highest BCUT2D eigenvalue weighted by molar-refractivity contribution is 5.73. The summed E-state index contributed by atoms with van der Waals surface area (Å²) in [6, 6.07) is 3.87. The zero-order valence-electron chi connectivity index (χ0n) is 8.48. The molecule has 7 heteroatoms. The van der Waals surface area contributed by atoms with Crippen molar-refractivity contribution in [3.63, 3.8) is 0 Å². The second-order valence-electron chi connectivity index (χ2n) is 3.11. The first-order valence-electron chi connectivity index (χ1n) is 4.43. The van der Waals surface area contributed by atoms with E-state index in [0.29, 0.717) is 0 Å². The zero-order valence-corrected chi connectivity index (χ0v) is 8.48. The van der Waals surface area contributed by atoms with E-state index >= 15 is 0 Å². The van der Waals surface area contributed by atoms with Gasteiger partial charge in [-0.1, -0.05) is 0 Å². The lowest BCUT2D eigenvalue weighted by Gasteiger charge is -2.11. The minimum Gasteiger partial charge on any atom is -0.481 e. The summed E-state index contributed by atoms with van der Waals surface area (Å²) in [5.41, 5.74) is 5.36. The molecule has 0 bridgehead atoms. The van der Waals surface area contributed by atoms with Crippen molar-refractivity contribution in [1.82, 2.24) is 0 Å². The Hall–Kier alpha value is -2.36. The summed E-state index contributed by atoms with van der Waals surface area (Å²) in [6.07, 6.45) is -0.531. The number of nitrogen functional groups attached to an aromatic ring is 1. The minimum atomic E-state index is -3.09. The van der Waals surface area contributed by atoms with Gasteiger partial charge in [0.2, 0.25) is 0 Å². The fourth-order valence-electron chi connectivity index (χ4n) is 1.24. The third-order valence-electron chi connectivity index (χ3n) is 1.91. The number of carboxylic acids is 1. The first-order chi connectivity index (χ1) is 7.93. The van der Waals surface area contributed by atoms with Gasteiger partial charge in [-0.2, -0.15) is 14.0 Å². The molecule has 0 unspecified atom stereocenters. The standard InChI is InChI=1S/C10H8F2N2O3/c11-10(12)17-8-3-7(14)6(4-13)1-5(8)2-9(15)16/h1,3,10H,2,14H2,(H,15,16). The highest BCUT2D eigenvalue weighted by Gasteiger charge is 2.15. The number of nitrogens with zero attached hydrogens (tertiary/aromatic N) is 1. The number of benzene rings is 1. The molecule has 0 aliphatic heterocycles. The number of hydrogen-bond acceptors (Lipinski definition) is 4. The fraction of sp³-hybridized carbons (Fsp3) is 0.200. The molecule has 0 aliphatic carbocycles. The van der Waals surface area contributed by atoms with Gasteiger partial charge < -0.3 is 15.6 Å². The predicted molar refractivity (Wildman–Crippen MR) is 53.5 cm³/mol. The number of hydrogen-bond donors (Lipinski definition) is 2. The van der Waals surface area contributed by atoms with Gasteiger partial charge in [-0.15, -0.1) is 0 Å². The van der Waals surface area contributed by atoms with Gasteiger partial charge >= 0.3 is 12.6 Å². The number of carboxylic acid groups (broad SMARTS) is 1. The summed E-state index contributed by atoms with van der Waals surface area (Å²) in [4.78, 5) is 10.5. The summed E-state index contributed by atoms with van der Waals surface area (Å²) < 4.78 is 28.3. The average molecular weight is 242 g/mol. The predicted octanol–water partition coefficient (Wildman–Crippen LogP) is 1.37. The SMILES string of the molecule is N#Cc1cc(CC(=O)O)c(OC(F)F)cc1N. The summed E-state index contributed by atoms with van der Waals surface area (Å²) in [5.74, 6) is -1.56. The van der Waals surface area contributed by atoms with Crippen molar-refractivity contribution in [2.75, 3.05) is 5.73 Å². The molecule has 0 aliphatic rings. The van der Waals surface area contributed by atoms with Gasteiger partial charge in [0.05, 0.1) is 17.7 Å². The van der Waals surface area contributed by atoms with E-state index in [9.17, 15) is 13.6 Å². The topological polar surface area (TPSA) is 96.3 Å². The van der Waals surface area contributed by atoms with Crippen LogP contribution in [-0.2, 0) is 11.2 Å². The quantitative estimate of drug-likeness (QED) is 0.777. The van der Waals surface area contributed by atoms with Crippen molar-refractivity contribution in [1.29, 1.82) is 5.26 Å². The Morgan fingerprint density at radius 2 is 2.24 bits per heavy atom. The van der Waals surface area contributed by atoms with E-state index in [2.05, 4.69) is 4.74 Å². The second kappa shape index (κ2) is 5.12. The third-order valence-corrected chi connectivity index (χ3v) is 1.91. The summed E-state index contributed by atoms with van der Waals surface area (Å²) >= 11 is 0. The number of alkyl halides is 2. The molecule has 0 saturated carbocycles. The van der Waals surface area contributed by atoms with Gasteiger partial charge in [-0.25, -0.2) is 0 Å². The van der Waals surface area contributed by atoms with E-state index in [-0.39, 0.29) is 22.6 Å². The van der Waals surface area contributed by atoms with Crippen LogP contribution in [0.2, 0.25) is 0 Å². The van der Waals surface area contributed by atoms with E-state index in [0.717, 1.165) is 12.1 Å². The molecule has 0 saturated heterocycles. The van der Waals surface area contributed by atoms with Crippen molar-refractivity contribution in [2.24, 2.45) is 0 Å². The number of halogens is 2. The van der Waals surface area contributed by atoms with Crippen LogP contribution < -0.4 is 10.5 Å². The Bertz CT molecular complexity index is 483. The normalized spacial score (nSPS) is 10.0. The van der Waals surface area contributed by atoms with Crippen LogP contribution in [0.5, 0.6) is 5.75 Å². The Kier molecular flexibility index (Phi) is 3.82. The van der Waals surface area contributed by atoms with Gasteiger partial charge in [0.15, 0.2) is 0 Å². The van der Waals surface area contributed by atoms with E-state index in [1.807, 2.05) is 0 Å². The number of aliphatic carboxylic acids is 1. The highest BCUT2D eigenvalue weighted by atomic mass is 19.3. The van der Waals surface area contributed by atoms with Crippen molar-refractivity contribution < 1.29 is 23.4 Å². The van der Waals surface area contributed by atoms with Crippen LogP contribution in [0.4, 0.5) is 14.5 Å². The maximum atomic E-state index is 12.1. The molecule has 0 atom stereocenters. The minimum absolute atomic E-state index is 0.0165. The molecule has 17 heavy (non-hydrogen) atoms. The molecule has 5 nitrogen and oxygen atoms in total. The average Bonchev–Trinajstić information content (AvgIpc) is 2.20. The lowest BCUT2D eigenvalue weighted by atomic mass is 10.1. The summed E-state index contributed by atoms with van der Waals surface area (Å²) in [5, 5.41) is 17.3. The van der Waals surface area contributed by atoms with Crippen LogP contribution in [0.25, 0.3) is 0 Å². The van der Waals surface area contributed by atoms with Crippen LogP contribution in [0, 0.1) is 11.3 Å². The molecule has 0 heterocycles. The van der Waals surface area contributed by atoms with Crippen LogP contribution >= 0.6 is 0 Å². The van der Waals surface area contributed by atoms with Crippen molar-refractivity contribution in [3.05, 3.63) is 23.3 Å². The molecule has 0 aromatic heterocycles. The van der Waals surface area contributed by atoms with Crippen LogP contribution in [0.3, 0.4) is 0 Å². The molecule has 0 radical (unpaired) electrons. The Labute approximate surface area is 95.0 Å². The first kappa shape index (κ1) is 12.7. The molecule has 1 aromatic carbocycles. The van der Waals surface area contributed by atoms with Gasteiger partial charge in [0.1, 0.15) is 11.8 Å². The van der Waals surface area contributed by atoms with Crippen molar-refractivity contribution in [3.8, 4) is 11.8 Å². The molecule has 0 spiro atoms. The monoisotopic (exact) mass is 242 g/mol. The lowest BCUT2D eigenvalue weighted by molar-refractivity contribution is -0.136. The molecule has 0 fully saturated rings. The highest BCUT2D eigenvalue weighted by Crippen LogP contribution is 2.27. The van der Waals surface area contributed by atoms with Gasteiger partial charge in [0.25, 0.3) is 0 Å². The Morgan fingerprint density at radius 3 is 2.71 bits per heavy atom. The van der Waals surface area contributed by atoms with E-state index in [1.54, 1.807) is 6.07 Å². The van der Waals surface area contributed by atoms with Crippen LogP contribution in [0.1, 0.15) is 11.1 Å². The lowest BCUT2D eigenvalue weighted by Crippen LogP contribution is -2.09. The number of carbonyl (C=O) groups is 1. The molecule has 1 aromatic rings. The number of anilines is 1. The van der Waals surface area contributed by atoms with E-state index in [1.165, 1.54) is 0 Å². The van der Waals surface area contributed by atoms with E-state index < -0.39 is 19.0 Å². The number of nitriles is 1. The molecular formula is C10H8F2N2O3. The maximum absolute atomic E-state index is 12.1. The molecular weight excluding hydrogens is 234 g/mol. The fourth-order valence-corrected chi connectivity index (χ4v) is 1.24. The van der Waals surface area contributed by atoms with Crippen molar-refractivity contribution in [2.45, 2.75) is 13.0 Å². The molecule has 90 valence electrons. The third kappa shape index (κ3) is 3.31. The van der Waals surface area contributed by atoms with Gasteiger partial charge in [-0.05, 0) is 6.07 Å². The smallest absolute Gasteiger partial charge is 0.387 e. The van der Waals surface area contributed by atoms with Crippen LogP contribution in [0.15, 0.2) is 12.1 Å². The number of rotatable bonds is 4. The molecule has 3 N–H and O–H groups in total. The second-order valence-corrected chi connectivity index (χ2v) is 3.11. The number of nitrogens with two attached hydrogens (primary N) is 1. The van der Waals surface area contributed by atoms with Gasteiger partial charge in [-0.3, -0.25) is 4.79 Å². The molecule has 0 amide bonds. The first-order valence-corrected chi connectivity index (χ1v) is 4.43. The summed E-state index contributed by atoms with van der Waals surface area (Å²) in [6.45, 7) is -3.09. The Balaban J connectivity index is 3.21. The summed E-state index contributed by atoms with van der Waals surface area (Å²) in [7, 11) is 0. The largest absolute Gasteiger partial charge is 0.481 e. The number of ether oxygens (including phenoxy) is 1. The maximum Gasteiger partial charge on any atom is 0.387 e. The van der Waals surface area contributed by atoms with Crippen molar-refractivity contribution >= 4 is 11.7 Å². The van der Waals surface area contributed by atoms with E-state index in [4.69, 9.17) is 16.1 Å². The zero-order chi connectivity index (χ0) is 13.0.